The summed E-state index contributed by atoms with van der Waals surface area (Å²) in [4.78, 5) is 4.38. The quantitative estimate of drug-likeness (QED) is 0.247. The normalized spacial score (nSPS) is 10.6. The molecular weight excluding hydrogens is 457 g/mol. The fraction of sp³-hybridized carbons (Fsp3) is 0.148. The Kier molecular flexibility index (Phi) is 7.71. The smallest absolute Gasteiger partial charge is 0.139 e. The van der Waals surface area contributed by atoms with Crippen LogP contribution >= 0.6 is 23.2 Å². The van der Waals surface area contributed by atoms with Gasteiger partial charge in [0.25, 0.3) is 0 Å². The van der Waals surface area contributed by atoms with Crippen molar-refractivity contribution < 1.29 is 14.2 Å². The Labute approximate surface area is 203 Å². The molecule has 0 aliphatic heterocycles. The molecule has 0 N–H and O–H groups in total. The lowest BCUT2D eigenvalue weighted by atomic mass is 10.1. The summed E-state index contributed by atoms with van der Waals surface area (Å²) in [5.74, 6) is 2.13. The monoisotopic (exact) mass is 479 g/mol. The third kappa shape index (κ3) is 6.19. The number of halogens is 2. The summed E-state index contributed by atoms with van der Waals surface area (Å²) in [5, 5.41) is 1.20. The molecule has 0 fully saturated rings. The number of rotatable bonds is 9. The van der Waals surface area contributed by atoms with Gasteiger partial charge >= 0.3 is 0 Å². The van der Waals surface area contributed by atoms with Crippen LogP contribution in [0, 0.1) is 0 Å². The van der Waals surface area contributed by atoms with Crippen molar-refractivity contribution in [1.82, 2.24) is 4.98 Å². The Bertz CT molecular complexity index is 1200. The molecule has 0 amide bonds. The van der Waals surface area contributed by atoms with Crippen LogP contribution in [0.5, 0.6) is 17.2 Å². The Morgan fingerprint density at radius 3 is 2.27 bits per heavy atom. The van der Waals surface area contributed by atoms with Crippen LogP contribution in [-0.2, 0) is 13.2 Å². The highest BCUT2D eigenvalue weighted by Crippen LogP contribution is 2.30. The van der Waals surface area contributed by atoms with Gasteiger partial charge in [0.1, 0.15) is 30.5 Å². The van der Waals surface area contributed by atoms with Crippen LogP contribution in [0.4, 0.5) is 0 Å². The van der Waals surface area contributed by atoms with Gasteiger partial charge in [-0.1, -0.05) is 47.5 Å². The molecule has 0 spiro atoms. The topological polar surface area (TPSA) is 40.6 Å². The minimum atomic E-state index is 0.353. The van der Waals surface area contributed by atoms with Crippen molar-refractivity contribution in [1.29, 1.82) is 0 Å². The van der Waals surface area contributed by atoms with Crippen LogP contribution in [0.1, 0.15) is 18.1 Å². The molecule has 0 aliphatic rings. The molecule has 1 aromatic heterocycles. The number of nitrogens with zero attached hydrogens (tertiary/aromatic N) is 1. The lowest BCUT2D eigenvalue weighted by Crippen LogP contribution is -1.99. The molecule has 0 radical (unpaired) electrons. The zero-order valence-electron chi connectivity index (χ0n) is 18.1. The average molecular weight is 480 g/mol. The zero-order valence-corrected chi connectivity index (χ0v) is 19.6. The van der Waals surface area contributed by atoms with Crippen molar-refractivity contribution in [2.24, 2.45) is 0 Å². The Morgan fingerprint density at radius 2 is 1.52 bits per heavy atom. The molecule has 6 heteroatoms. The molecule has 0 atom stereocenters. The predicted molar refractivity (Wildman–Crippen MR) is 132 cm³/mol. The summed E-state index contributed by atoms with van der Waals surface area (Å²) >= 11 is 12.6. The molecule has 4 rings (SSSR count). The second kappa shape index (κ2) is 11.1. The number of aromatic nitrogens is 1. The Hall–Kier alpha value is -3.21. The lowest BCUT2D eigenvalue weighted by Gasteiger charge is -2.12. The second-order valence-corrected chi connectivity index (χ2v) is 8.08. The zero-order chi connectivity index (χ0) is 23.0. The minimum Gasteiger partial charge on any atom is -0.494 e. The number of hydrogen-bond acceptors (Lipinski definition) is 4. The fourth-order valence-corrected chi connectivity index (χ4v) is 3.57. The van der Waals surface area contributed by atoms with Crippen molar-refractivity contribution in [3.05, 3.63) is 106 Å². The van der Waals surface area contributed by atoms with Crippen LogP contribution in [0.2, 0.25) is 10.0 Å². The highest BCUT2D eigenvalue weighted by Gasteiger charge is 2.08. The molecule has 0 saturated heterocycles. The molecule has 0 unspecified atom stereocenters. The largest absolute Gasteiger partial charge is 0.494 e. The van der Waals surface area contributed by atoms with Crippen molar-refractivity contribution in [3.63, 3.8) is 0 Å². The van der Waals surface area contributed by atoms with Crippen molar-refractivity contribution in [2.45, 2.75) is 20.1 Å². The van der Waals surface area contributed by atoms with Crippen LogP contribution in [0.25, 0.3) is 11.3 Å². The first-order valence-electron chi connectivity index (χ1n) is 10.6. The van der Waals surface area contributed by atoms with E-state index in [-0.39, 0.29) is 0 Å². The predicted octanol–water partition coefficient (Wildman–Crippen LogP) is 7.61. The SMILES string of the molecule is CCOc1ccc(Cl)c(COc2ccc(COc3cc(-c4ccccn4)ccc3Cl)cc2)c1. The molecule has 168 valence electrons. The van der Waals surface area contributed by atoms with E-state index in [1.807, 2.05) is 85.8 Å². The van der Waals surface area contributed by atoms with Gasteiger partial charge in [0, 0.05) is 22.3 Å². The maximum Gasteiger partial charge on any atom is 0.139 e. The van der Waals surface area contributed by atoms with E-state index in [9.17, 15) is 0 Å². The Morgan fingerprint density at radius 1 is 0.727 bits per heavy atom. The standard InChI is InChI=1S/C27H23Cl2NO3/c1-2-31-23-11-13-24(28)21(15-23)18-32-22-9-6-19(7-10-22)17-33-27-16-20(8-12-25(27)29)26-5-3-4-14-30-26/h3-16H,2,17-18H2,1H3. The maximum absolute atomic E-state index is 6.33. The van der Waals surface area contributed by atoms with Crippen LogP contribution < -0.4 is 14.2 Å². The highest BCUT2D eigenvalue weighted by atomic mass is 35.5. The van der Waals surface area contributed by atoms with Gasteiger partial charge in [-0.2, -0.15) is 0 Å². The van der Waals surface area contributed by atoms with Gasteiger partial charge in [-0.05, 0) is 67.1 Å². The Balaban J connectivity index is 1.36. The summed E-state index contributed by atoms with van der Waals surface area (Å²) in [5.41, 5.74) is 3.69. The van der Waals surface area contributed by atoms with E-state index in [1.54, 1.807) is 6.20 Å². The van der Waals surface area contributed by atoms with Gasteiger partial charge in [0.05, 0.1) is 17.3 Å². The first-order chi connectivity index (χ1) is 16.1. The van der Waals surface area contributed by atoms with Gasteiger partial charge in [-0.3, -0.25) is 4.98 Å². The first kappa shape index (κ1) is 23.0. The highest BCUT2D eigenvalue weighted by molar-refractivity contribution is 6.32. The molecule has 4 nitrogen and oxygen atoms in total. The van der Waals surface area contributed by atoms with E-state index < -0.39 is 0 Å². The van der Waals surface area contributed by atoms with Gasteiger partial charge in [0.2, 0.25) is 0 Å². The molecule has 33 heavy (non-hydrogen) atoms. The van der Waals surface area contributed by atoms with Gasteiger partial charge in [0.15, 0.2) is 0 Å². The molecule has 3 aromatic carbocycles. The van der Waals surface area contributed by atoms with Crippen molar-refractivity contribution >= 4 is 23.2 Å². The molecular formula is C27H23Cl2NO3. The number of pyridine rings is 1. The number of ether oxygens (including phenoxy) is 3. The van der Waals surface area contributed by atoms with Crippen LogP contribution in [0.15, 0.2) is 85.1 Å². The van der Waals surface area contributed by atoms with Crippen LogP contribution in [0.3, 0.4) is 0 Å². The lowest BCUT2D eigenvalue weighted by molar-refractivity contribution is 0.299. The van der Waals surface area contributed by atoms with E-state index >= 15 is 0 Å². The maximum atomic E-state index is 6.33. The van der Waals surface area contributed by atoms with E-state index in [4.69, 9.17) is 37.4 Å². The molecule has 4 aromatic rings. The summed E-state index contributed by atoms with van der Waals surface area (Å²) < 4.78 is 17.4. The van der Waals surface area contributed by atoms with E-state index in [0.29, 0.717) is 35.6 Å². The van der Waals surface area contributed by atoms with Crippen molar-refractivity contribution in [2.75, 3.05) is 6.61 Å². The molecule has 1 heterocycles. The molecule has 0 saturated carbocycles. The first-order valence-corrected chi connectivity index (χ1v) is 11.3. The number of hydrogen-bond donors (Lipinski definition) is 0. The summed E-state index contributed by atoms with van der Waals surface area (Å²) in [6.07, 6.45) is 1.76. The third-order valence-corrected chi connectivity index (χ3v) is 5.61. The van der Waals surface area contributed by atoms with Gasteiger partial charge in [-0.25, -0.2) is 0 Å². The van der Waals surface area contributed by atoms with Gasteiger partial charge < -0.3 is 14.2 Å². The van der Waals surface area contributed by atoms with Gasteiger partial charge in [-0.15, -0.1) is 0 Å². The third-order valence-electron chi connectivity index (χ3n) is 4.93. The number of benzene rings is 3. The summed E-state index contributed by atoms with van der Waals surface area (Å²) in [6.45, 7) is 3.28. The van der Waals surface area contributed by atoms with Crippen molar-refractivity contribution in [3.8, 4) is 28.5 Å². The minimum absolute atomic E-state index is 0.353. The average Bonchev–Trinajstić information content (AvgIpc) is 2.85. The summed E-state index contributed by atoms with van der Waals surface area (Å²) in [7, 11) is 0. The molecule has 0 aliphatic carbocycles. The second-order valence-electron chi connectivity index (χ2n) is 7.27. The fourth-order valence-electron chi connectivity index (χ4n) is 3.23. The molecule has 0 bridgehead atoms. The van der Waals surface area contributed by atoms with E-state index in [0.717, 1.165) is 33.9 Å². The van der Waals surface area contributed by atoms with E-state index in [1.165, 1.54) is 0 Å². The van der Waals surface area contributed by atoms with E-state index in [2.05, 4.69) is 4.98 Å². The van der Waals surface area contributed by atoms with Crippen LogP contribution in [-0.4, -0.2) is 11.6 Å². The summed E-state index contributed by atoms with van der Waals surface area (Å²) in [6, 6.07) is 24.8.